The third-order valence-corrected chi connectivity index (χ3v) is 4.18. The highest BCUT2D eigenvalue weighted by Crippen LogP contribution is 2.24. The van der Waals surface area contributed by atoms with Gasteiger partial charge in [-0.2, -0.15) is 0 Å². The Kier molecular flexibility index (Phi) is 5.00. The summed E-state index contributed by atoms with van der Waals surface area (Å²) < 4.78 is 0. The maximum atomic E-state index is 12.5. The number of aromatic nitrogens is 1. The monoisotopic (exact) mass is 351 g/mol. The molecule has 5 heteroatoms. The Morgan fingerprint density at radius 2 is 1.80 bits per heavy atom. The zero-order chi connectivity index (χ0) is 17.8. The summed E-state index contributed by atoms with van der Waals surface area (Å²) in [7, 11) is 1.95. The van der Waals surface area contributed by atoms with E-state index in [2.05, 4.69) is 10.3 Å². The molecule has 4 nitrogen and oxygen atoms in total. The molecule has 1 heterocycles. The fourth-order valence-corrected chi connectivity index (χ4v) is 2.73. The van der Waals surface area contributed by atoms with Gasteiger partial charge < -0.3 is 10.2 Å². The fourth-order valence-electron chi connectivity index (χ4n) is 2.51. The van der Waals surface area contributed by atoms with Gasteiger partial charge in [0.15, 0.2) is 0 Å². The van der Waals surface area contributed by atoms with Gasteiger partial charge in [-0.1, -0.05) is 29.8 Å². The van der Waals surface area contributed by atoms with E-state index in [1.54, 1.807) is 24.4 Å². The van der Waals surface area contributed by atoms with E-state index in [0.29, 0.717) is 10.7 Å². The van der Waals surface area contributed by atoms with Crippen LogP contribution in [0.1, 0.15) is 16.1 Å². The van der Waals surface area contributed by atoms with Crippen molar-refractivity contribution in [3.8, 4) is 0 Å². The fraction of sp³-hybridized carbons (Fsp3) is 0.100. The van der Waals surface area contributed by atoms with E-state index >= 15 is 0 Å². The molecule has 0 aliphatic rings. The van der Waals surface area contributed by atoms with Crippen molar-refractivity contribution in [1.29, 1.82) is 0 Å². The van der Waals surface area contributed by atoms with Crippen LogP contribution in [0.4, 0.5) is 17.1 Å². The number of carbonyl (C=O) groups is 1. The van der Waals surface area contributed by atoms with Crippen LogP contribution in [0.2, 0.25) is 5.02 Å². The molecule has 0 spiro atoms. The molecule has 126 valence electrons. The number of halogens is 1. The molecule has 0 aliphatic carbocycles. The number of nitrogens with one attached hydrogen (secondary N) is 1. The molecule has 3 rings (SSSR count). The number of para-hydroxylation sites is 1. The van der Waals surface area contributed by atoms with Gasteiger partial charge in [0.2, 0.25) is 0 Å². The molecule has 0 unspecified atom stereocenters. The molecule has 0 fully saturated rings. The maximum absolute atomic E-state index is 12.5. The number of pyridine rings is 1. The molecule has 0 saturated heterocycles. The van der Waals surface area contributed by atoms with Gasteiger partial charge in [-0.3, -0.25) is 9.78 Å². The third kappa shape index (κ3) is 3.98. The van der Waals surface area contributed by atoms with E-state index in [0.717, 1.165) is 22.6 Å². The lowest BCUT2D eigenvalue weighted by Gasteiger charge is -2.19. The number of hydrogen-bond donors (Lipinski definition) is 1. The maximum Gasteiger partial charge on any atom is 0.274 e. The van der Waals surface area contributed by atoms with Crippen molar-refractivity contribution in [2.24, 2.45) is 0 Å². The van der Waals surface area contributed by atoms with Gasteiger partial charge in [0.25, 0.3) is 5.91 Å². The van der Waals surface area contributed by atoms with Gasteiger partial charge in [-0.15, -0.1) is 0 Å². The Morgan fingerprint density at radius 1 is 1.04 bits per heavy atom. The van der Waals surface area contributed by atoms with Crippen LogP contribution in [-0.2, 0) is 0 Å². The van der Waals surface area contributed by atoms with Gasteiger partial charge in [0.05, 0.1) is 0 Å². The predicted molar refractivity (Wildman–Crippen MR) is 103 cm³/mol. The van der Waals surface area contributed by atoms with Crippen molar-refractivity contribution in [3.05, 3.63) is 83.1 Å². The summed E-state index contributed by atoms with van der Waals surface area (Å²) in [6.45, 7) is 1.90. The van der Waals surface area contributed by atoms with Crippen molar-refractivity contribution >= 4 is 34.6 Å². The molecule has 0 aliphatic heterocycles. The zero-order valence-electron chi connectivity index (χ0n) is 14.0. The number of aryl methyl sites for hydroxylation is 1. The largest absolute Gasteiger partial charge is 0.345 e. The normalized spacial score (nSPS) is 10.4. The average Bonchev–Trinajstić information content (AvgIpc) is 2.64. The Bertz CT molecular complexity index is 896. The first kappa shape index (κ1) is 17.0. The van der Waals surface area contributed by atoms with Crippen molar-refractivity contribution in [2.45, 2.75) is 6.92 Å². The summed E-state index contributed by atoms with van der Waals surface area (Å²) in [5, 5.41) is 3.52. The van der Waals surface area contributed by atoms with Gasteiger partial charge in [0, 0.05) is 35.3 Å². The number of rotatable bonds is 4. The summed E-state index contributed by atoms with van der Waals surface area (Å²) >= 11 is 5.95. The van der Waals surface area contributed by atoms with Gasteiger partial charge >= 0.3 is 0 Å². The van der Waals surface area contributed by atoms with Crippen molar-refractivity contribution in [1.82, 2.24) is 4.98 Å². The van der Waals surface area contributed by atoms with Gasteiger partial charge in [-0.25, -0.2) is 0 Å². The van der Waals surface area contributed by atoms with Crippen molar-refractivity contribution in [2.75, 3.05) is 17.3 Å². The van der Waals surface area contributed by atoms with Gasteiger partial charge in [-0.05, 0) is 55.0 Å². The molecule has 3 aromatic rings. The molecule has 0 radical (unpaired) electrons. The molecule has 1 amide bonds. The average molecular weight is 352 g/mol. The Hall–Kier alpha value is -2.85. The summed E-state index contributed by atoms with van der Waals surface area (Å²) in [4.78, 5) is 18.7. The lowest BCUT2D eigenvalue weighted by atomic mass is 10.2. The summed E-state index contributed by atoms with van der Waals surface area (Å²) in [6, 6.07) is 18.9. The van der Waals surface area contributed by atoms with Crippen LogP contribution in [0.3, 0.4) is 0 Å². The molecule has 2 aromatic carbocycles. The highest BCUT2D eigenvalue weighted by atomic mass is 35.5. The smallest absolute Gasteiger partial charge is 0.274 e. The van der Waals surface area contributed by atoms with E-state index in [9.17, 15) is 4.79 Å². The number of nitrogens with zero attached hydrogens (tertiary/aromatic N) is 2. The van der Waals surface area contributed by atoms with Crippen molar-refractivity contribution < 1.29 is 4.79 Å². The SMILES string of the molecule is Cc1cc(Cl)ccc1NC(=O)c1cc(N(C)c2ccccc2)ccn1. The topological polar surface area (TPSA) is 45.2 Å². The number of benzene rings is 2. The second-order valence-corrected chi connectivity index (χ2v) is 6.14. The van der Waals surface area contributed by atoms with Gasteiger partial charge in [0.1, 0.15) is 5.69 Å². The molecule has 1 N–H and O–H groups in total. The Balaban J connectivity index is 1.82. The predicted octanol–water partition coefficient (Wildman–Crippen LogP) is 5.06. The second-order valence-electron chi connectivity index (χ2n) is 5.71. The minimum Gasteiger partial charge on any atom is -0.345 e. The standard InChI is InChI=1S/C20H18ClN3O/c1-14-12-15(21)8-9-18(14)23-20(25)19-13-17(10-11-22-19)24(2)16-6-4-3-5-7-16/h3-13H,1-2H3,(H,23,25). The Labute approximate surface area is 152 Å². The third-order valence-electron chi connectivity index (χ3n) is 3.94. The second kappa shape index (κ2) is 7.36. The highest BCUT2D eigenvalue weighted by Gasteiger charge is 2.12. The van der Waals surface area contributed by atoms with Crippen molar-refractivity contribution in [3.63, 3.8) is 0 Å². The molecular formula is C20H18ClN3O. The van der Waals surface area contributed by atoms with E-state index < -0.39 is 0 Å². The number of anilines is 3. The lowest BCUT2D eigenvalue weighted by molar-refractivity contribution is 0.102. The number of carbonyl (C=O) groups excluding carboxylic acids is 1. The number of hydrogen-bond acceptors (Lipinski definition) is 3. The molecule has 0 saturated carbocycles. The summed E-state index contributed by atoms with van der Waals surface area (Å²) in [5.41, 5.74) is 3.90. The first-order valence-corrected chi connectivity index (χ1v) is 8.25. The zero-order valence-corrected chi connectivity index (χ0v) is 14.8. The van der Waals surface area contributed by atoms with Crippen LogP contribution >= 0.6 is 11.6 Å². The lowest BCUT2D eigenvalue weighted by Crippen LogP contribution is -2.16. The molecular weight excluding hydrogens is 334 g/mol. The highest BCUT2D eigenvalue weighted by molar-refractivity contribution is 6.30. The minimum atomic E-state index is -0.256. The minimum absolute atomic E-state index is 0.256. The van der Waals surface area contributed by atoms with E-state index in [4.69, 9.17) is 11.6 Å². The van der Waals surface area contributed by atoms with E-state index in [-0.39, 0.29) is 5.91 Å². The number of amides is 1. The Morgan fingerprint density at radius 3 is 2.52 bits per heavy atom. The summed E-state index contributed by atoms with van der Waals surface area (Å²) in [6.07, 6.45) is 1.64. The first-order valence-electron chi connectivity index (χ1n) is 7.87. The molecule has 25 heavy (non-hydrogen) atoms. The van der Waals surface area contributed by atoms with Crippen LogP contribution in [0.25, 0.3) is 0 Å². The summed E-state index contributed by atoms with van der Waals surface area (Å²) in [5.74, 6) is -0.256. The first-order chi connectivity index (χ1) is 12.0. The van der Waals surface area contributed by atoms with Crippen LogP contribution < -0.4 is 10.2 Å². The van der Waals surface area contributed by atoms with Crippen LogP contribution in [0, 0.1) is 6.92 Å². The van der Waals surface area contributed by atoms with Crippen LogP contribution in [-0.4, -0.2) is 17.9 Å². The van der Waals surface area contributed by atoms with Crippen LogP contribution in [0.5, 0.6) is 0 Å². The molecule has 0 bridgehead atoms. The molecule has 1 aromatic heterocycles. The quantitative estimate of drug-likeness (QED) is 0.714. The van der Waals surface area contributed by atoms with E-state index in [1.165, 1.54) is 0 Å². The molecule has 0 atom stereocenters. The van der Waals surface area contributed by atoms with Crippen LogP contribution in [0.15, 0.2) is 66.9 Å². The van der Waals surface area contributed by atoms with E-state index in [1.807, 2.05) is 61.3 Å².